The highest BCUT2D eigenvalue weighted by atomic mass is 19.4. The predicted molar refractivity (Wildman–Crippen MR) is 123 cm³/mol. The molecule has 0 saturated carbocycles. The Bertz CT molecular complexity index is 1280. The molecule has 0 fully saturated rings. The zero-order chi connectivity index (χ0) is 26.5. The highest BCUT2D eigenvalue weighted by molar-refractivity contribution is 6.28. The van der Waals surface area contributed by atoms with Gasteiger partial charge in [0.2, 0.25) is 0 Å². The van der Waals surface area contributed by atoms with Crippen LogP contribution in [-0.4, -0.2) is 21.7 Å². The summed E-state index contributed by atoms with van der Waals surface area (Å²) in [5, 5.41) is 26.2. The number of anilines is 2. The summed E-state index contributed by atoms with van der Waals surface area (Å²) in [6, 6.07) is 13.4. The Morgan fingerprint density at radius 3 is 1.53 bits per heavy atom. The van der Waals surface area contributed by atoms with Crippen LogP contribution in [0.25, 0.3) is 6.08 Å². The van der Waals surface area contributed by atoms with Crippen molar-refractivity contribution in [3.63, 3.8) is 0 Å². The van der Waals surface area contributed by atoms with Gasteiger partial charge >= 0.3 is 6.18 Å². The number of rotatable bonds is 7. The Labute approximate surface area is 200 Å². The number of amides is 2. The van der Waals surface area contributed by atoms with E-state index in [4.69, 9.17) is 0 Å². The van der Waals surface area contributed by atoms with Gasteiger partial charge < -0.3 is 10.6 Å². The second-order valence-electron chi connectivity index (χ2n) is 7.16. The molecule has 0 heterocycles. The summed E-state index contributed by atoms with van der Waals surface area (Å²) >= 11 is 0. The number of hydrogen-bond donors (Lipinski definition) is 2. The number of halogens is 3. The van der Waals surface area contributed by atoms with Crippen molar-refractivity contribution in [1.29, 1.82) is 0 Å². The summed E-state index contributed by atoms with van der Waals surface area (Å²) in [7, 11) is 0. The second-order valence-corrected chi connectivity index (χ2v) is 7.16. The number of hydrogen-bond acceptors (Lipinski definition) is 6. The van der Waals surface area contributed by atoms with Crippen LogP contribution in [0.3, 0.4) is 0 Å². The zero-order valence-electron chi connectivity index (χ0n) is 18.0. The van der Waals surface area contributed by atoms with Gasteiger partial charge in [-0.2, -0.15) is 13.2 Å². The van der Waals surface area contributed by atoms with Gasteiger partial charge in [-0.05, 0) is 42.0 Å². The Kier molecular flexibility index (Phi) is 7.43. The third kappa shape index (κ3) is 6.28. The van der Waals surface area contributed by atoms with Crippen LogP contribution in [0.4, 0.5) is 35.9 Å². The Morgan fingerprint density at radius 2 is 1.14 bits per heavy atom. The maximum atomic E-state index is 13.5. The summed E-state index contributed by atoms with van der Waals surface area (Å²) < 4.78 is 40.4. The monoisotopic (exact) mass is 500 g/mol. The fourth-order valence-corrected chi connectivity index (χ4v) is 3.00. The minimum Gasteiger partial charge on any atom is -0.322 e. The van der Waals surface area contributed by atoms with Crippen LogP contribution in [0, 0.1) is 20.2 Å². The highest BCUT2D eigenvalue weighted by Crippen LogP contribution is 2.33. The number of nitrogens with zero attached hydrogens (tertiary/aromatic N) is 2. The maximum Gasteiger partial charge on any atom is 0.416 e. The molecule has 0 unspecified atom stereocenters. The first-order valence-corrected chi connectivity index (χ1v) is 9.95. The normalized spacial score (nSPS) is 10.8. The fraction of sp³-hybridized carbons (Fsp3) is 0.0435. The van der Waals surface area contributed by atoms with E-state index in [2.05, 4.69) is 10.6 Å². The molecular weight excluding hydrogens is 485 g/mol. The van der Waals surface area contributed by atoms with E-state index in [1.165, 1.54) is 30.3 Å². The molecule has 0 aliphatic carbocycles. The molecule has 0 aliphatic rings. The molecule has 13 heteroatoms. The zero-order valence-corrected chi connectivity index (χ0v) is 18.0. The van der Waals surface area contributed by atoms with E-state index in [9.17, 15) is 43.0 Å². The summed E-state index contributed by atoms with van der Waals surface area (Å²) in [5.74, 6) is -2.19. The van der Waals surface area contributed by atoms with Gasteiger partial charge in [0.25, 0.3) is 23.2 Å². The Hall–Kier alpha value is -5.07. The van der Waals surface area contributed by atoms with Crippen molar-refractivity contribution in [1.82, 2.24) is 0 Å². The van der Waals surface area contributed by atoms with E-state index in [0.717, 1.165) is 48.5 Å². The van der Waals surface area contributed by atoms with Crippen molar-refractivity contribution >= 4 is 40.6 Å². The molecule has 184 valence electrons. The predicted octanol–water partition coefficient (Wildman–Crippen LogP) is 5.18. The van der Waals surface area contributed by atoms with Gasteiger partial charge in [0.1, 0.15) is 5.57 Å². The van der Waals surface area contributed by atoms with E-state index in [0.29, 0.717) is 0 Å². The SMILES string of the molecule is O=C(Nc1ccc([N+](=O)[O-])cc1)C(=Cc1ccccc1C(F)(F)F)C(=O)Nc1ccc([N+](=O)[O-])cc1. The lowest BCUT2D eigenvalue weighted by Crippen LogP contribution is -2.25. The van der Waals surface area contributed by atoms with Crippen molar-refractivity contribution in [3.8, 4) is 0 Å². The number of alkyl halides is 3. The Morgan fingerprint density at radius 1 is 0.722 bits per heavy atom. The summed E-state index contributed by atoms with van der Waals surface area (Å²) in [5.41, 5.74) is -2.71. The van der Waals surface area contributed by atoms with Crippen LogP contribution < -0.4 is 10.6 Å². The number of carbonyl (C=O) groups is 2. The molecule has 0 aromatic heterocycles. The molecule has 36 heavy (non-hydrogen) atoms. The Balaban J connectivity index is 1.98. The third-order valence-corrected chi connectivity index (χ3v) is 4.73. The van der Waals surface area contributed by atoms with Crippen LogP contribution in [0.5, 0.6) is 0 Å². The fourth-order valence-electron chi connectivity index (χ4n) is 3.00. The van der Waals surface area contributed by atoms with Gasteiger partial charge in [-0.3, -0.25) is 29.8 Å². The smallest absolute Gasteiger partial charge is 0.322 e. The van der Waals surface area contributed by atoms with Gasteiger partial charge in [0.15, 0.2) is 0 Å². The number of benzene rings is 3. The number of nitrogens with one attached hydrogen (secondary N) is 2. The van der Waals surface area contributed by atoms with E-state index in [1.54, 1.807) is 0 Å². The molecule has 0 atom stereocenters. The van der Waals surface area contributed by atoms with Crippen molar-refractivity contribution in [2.24, 2.45) is 0 Å². The van der Waals surface area contributed by atoms with Crippen LogP contribution in [0.15, 0.2) is 78.4 Å². The molecule has 2 N–H and O–H groups in total. The molecule has 3 aromatic rings. The van der Waals surface area contributed by atoms with E-state index in [1.807, 2.05) is 0 Å². The van der Waals surface area contributed by atoms with E-state index < -0.39 is 44.5 Å². The number of carbonyl (C=O) groups excluding carboxylic acids is 2. The van der Waals surface area contributed by atoms with Crippen LogP contribution in [0.1, 0.15) is 11.1 Å². The summed E-state index contributed by atoms with van der Waals surface area (Å²) in [6.07, 6.45) is -4.02. The molecule has 0 saturated heterocycles. The summed E-state index contributed by atoms with van der Waals surface area (Å²) in [6.45, 7) is 0. The van der Waals surface area contributed by atoms with Gasteiger partial charge in [-0.25, -0.2) is 0 Å². The van der Waals surface area contributed by atoms with Crippen molar-refractivity contribution in [2.45, 2.75) is 6.18 Å². The lowest BCUT2D eigenvalue weighted by Gasteiger charge is -2.13. The van der Waals surface area contributed by atoms with Crippen molar-refractivity contribution < 1.29 is 32.6 Å². The van der Waals surface area contributed by atoms with Gasteiger partial charge in [-0.1, -0.05) is 18.2 Å². The number of nitro groups is 2. The van der Waals surface area contributed by atoms with Crippen LogP contribution in [-0.2, 0) is 15.8 Å². The number of non-ortho nitro benzene ring substituents is 2. The minimum absolute atomic E-state index is 0.0451. The molecule has 3 aromatic carbocycles. The standard InChI is InChI=1S/C23H15F3N4O6/c24-23(25,26)20-4-2-1-3-14(20)13-19(21(31)27-15-5-9-17(10-6-15)29(33)34)22(32)28-16-7-11-18(12-8-16)30(35)36/h1-13H,(H,27,31)(H,28,32). The molecule has 3 rings (SSSR count). The van der Waals surface area contributed by atoms with Crippen molar-refractivity contribution in [2.75, 3.05) is 10.6 Å². The molecule has 0 bridgehead atoms. The minimum atomic E-state index is -4.78. The largest absolute Gasteiger partial charge is 0.416 e. The topological polar surface area (TPSA) is 144 Å². The van der Waals surface area contributed by atoms with Gasteiger partial charge in [0, 0.05) is 35.6 Å². The first kappa shape index (κ1) is 25.6. The maximum absolute atomic E-state index is 13.5. The molecular formula is C23H15F3N4O6. The first-order valence-electron chi connectivity index (χ1n) is 9.95. The van der Waals surface area contributed by atoms with Gasteiger partial charge in [0.05, 0.1) is 15.4 Å². The van der Waals surface area contributed by atoms with Crippen LogP contribution in [0.2, 0.25) is 0 Å². The first-order chi connectivity index (χ1) is 17.0. The lowest BCUT2D eigenvalue weighted by atomic mass is 10.0. The average molecular weight is 500 g/mol. The molecule has 0 aliphatic heterocycles. The highest BCUT2D eigenvalue weighted by Gasteiger charge is 2.33. The molecule has 0 radical (unpaired) electrons. The molecule has 0 spiro atoms. The third-order valence-electron chi connectivity index (χ3n) is 4.73. The quantitative estimate of drug-likeness (QED) is 0.150. The van der Waals surface area contributed by atoms with Crippen molar-refractivity contribution in [3.05, 3.63) is 110 Å². The van der Waals surface area contributed by atoms with Crippen LogP contribution >= 0.6 is 0 Å². The molecule has 2 amide bonds. The van der Waals surface area contributed by atoms with E-state index >= 15 is 0 Å². The lowest BCUT2D eigenvalue weighted by molar-refractivity contribution is -0.385. The molecule has 10 nitrogen and oxygen atoms in total. The average Bonchev–Trinajstić information content (AvgIpc) is 2.82. The summed E-state index contributed by atoms with van der Waals surface area (Å²) in [4.78, 5) is 46.1. The second kappa shape index (κ2) is 10.5. The van der Waals surface area contributed by atoms with E-state index in [-0.39, 0.29) is 22.7 Å². The number of nitro benzene ring substituents is 2. The van der Waals surface area contributed by atoms with Gasteiger partial charge in [-0.15, -0.1) is 0 Å².